The van der Waals surface area contributed by atoms with E-state index in [0.717, 1.165) is 29.2 Å². The zero-order valence-electron chi connectivity index (χ0n) is 11.7. The highest BCUT2D eigenvalue weighted by molar-refractivity contribution is 5.35. The Kier molecular flexibility index (Phi) is 4.36. The molecule has 1 aliphatic rings. The molecular formula is C15H26N3+. The lowest BCUT2D eigenvalue weighted by atomic mass is 9.92. The molecule has 100 valence electrons. The summed E-state index contributed by atoms with van der Waals surface area (Å²) in [5, 5.41) is 0. The van der Waals surface area contributed by atoms with Crippen LogP contribution in [0, 0.1) is 12.8 Å². The van der Waals surface area contributed by atoms with Crippen LogP contribution in [0.4, 0.5) is 5.82 Å². The summed E-state index contributed by atoms with van der Waals surface area (Å²) >= 11 is 0. The van der Waals surface area contributed by atoms with Gasteiger partial charge in [0.25, 0.3) is 0 Å². The summed E-state index contributed by atoms with van der Waals surface area (Å²) in [4.78, 5) is 4.76. The molecule has 0 bridgehead atoms. The van der Waals surface area contributed by atoms with E-state index in [2.05, 4.69) is 32.0 Å². The van der Waals surface area contributed by atoms with E-state index in [1.807, 2.05) is 0 Å². The van der Waals surface area contributed by atoms with E-state index < -0.39 is 0 Å². The van der Waals surface area contributed by atoms with Gasteiger partial charge in [-0.15, -0.1) is 0 Å². The van der Waals surface area contributed by atoms with Gasteiger partial charge in [0, 0.05) is 24.6 Å². The maximum absolute atomic E-state index is 5.67. The van der Waals surface area contributed by atoms with Crippen molar-refractivity contribution in [2.45, 2.75) is 33.1 Å². The van der Waals surface area contributed by atoms with Crippen molar-refractivity contribution >= 4 is 5.82 Å². The van der Waals surface area contributed by atoms with E-state index in [4.69, 9.17) is 10.7 Å². The van der Waals surface area contributed by atoms with Gasteiger partial charge >= 0.3 is 0 Å². The first-order valence-electron chi connectivity index (χ1n) is 7.20. The van der Waals surface area contributed by atoms with Gasteiger partial charge < -0.3 is 5.73 Å². The van der Waals surface area contributed by atoms with Crippen LogP contribution < -0.4 is 10.2 Å². The number of quaternary nitrogens is 1. The van der Waals surface area contributed by atoms with Crippen LogP contribution in [0.15, 0.2) is 18.2 Å². The Morgan fingerprint density at radius 1 is 1.33 bits per heavy atom. The quantitative estimate of drug-likeness (QED) is 0.831. The van der Waals surface area contributed by atoms with Crippen molar-refractivity contribution in [1.29, 1.82) is 0 Å². The first kappa shape index (κ1) is 13.5. The molecule has 0 aliphatic carbocycles. The van der Waals surface area contributed by atoms with Crippen LogP contribution in [0.2, 0.25) is 0 Å². The van der Waals surface area contributed by atoms with E-state index in [-0.39, 0.29) is 0 Å². The van der Waals surface area contributed by atoms with Crippen molar-refractivity contribution in [2.24, 2.45) is 11.7 Å². The molecule has 0 aromatic carbocycles. The molecule has 0 saturated carbocycles. The summed E-state index contributed by atoms with van der Waals surface area (Å²) in [7, 11) is 0. The SMILES string of the molecule is CC[N+]1(c2cccc(C)n2)CCC(CCN)CC1. The van der Waals surface area contributed by atoms with Gasteiger partial charge in [-0.05, 0) is 38.8 Å². The number of aromatic nitrogens is 1. The fraction of sp³-hybridized carbons (Fsp3) is 0.667. The van der Waals surface area contributed by atoms with Crippen molar-refractivity contribution in [3.05, 3.63) is 23.9 Å². The van der Waals surface area contributed by atoms with E-state index in [0.29, 0.717) is 0 Å². The topological polar surface area (TPSA) is 38.9 Å². The van der Waals surface area contributed by atoms with Gasteiger partial charge in [0.2, 0.25) is 5.82 Å². The van der Waals surface area contributed by atoms with Gasteiger partial charge in [-0.2, -0.15) is 0 Å². The Hall–Kier alpha value is -0.930. The van der Waals surface area contributed by atoms with Crippen molar-refractivity contribution < 1.29 is 0 Å². The van der Waals surface area contributed by atoms with E-state index in [9.17, 15) is 0 Å². The molecule has 2 rings (SSSR count). The van der Waals surface area contributed by atoms with Gasteiger partial charge in [0.15, 0.2) is 0 Å². The van der Waals surface area contributed by atoms with Crippen LogP contribution in [0.5, 0.6) is 0 Å². The zero-order chi connectivity index (χ0) is 13.0. The van der Waals surface area contributed by atoms with E-state index in [1.165, 1.54) is 38.2 Å². The second kappa shape index (κ2) is 5.81. The Morgan fingerprint density at radius 3 is 2.61 bits per heavy atom. The third kappa shape index (κ3) is 2.73. The molecule has 1 aliphatic heterocycles. The lowest BCUT2D eigenvalue weighted by Gasteiger charge is -2.41. The normalized spacial score (nSPS) is 28.3. The van der Waals surface area contributed by atoms with Crippen molar-refractivity contribution in [3.63, 3.8) is 0 Å². The number of nitrogens with two attached hydrogens (primary N) is 1. The lowest BCUT2D eigenvalue weighted by Crippen LogP contribution is -2.54. The minimum atomic E-state index is 0.831. The predicted octanol–water partition coefficient (Wildman–Crippen LogP) is 2.48. The average molecular weight is 248 g/mol. The summed E-state index contributed by atoms with van der Waals surface area (Å²) in [6, 6.07) is 6.41. The summed E-state index contributed by atoms with van der Waals surface area (Å²) in [6.07, 6.45) is 3.77. The highest BCUT2D eigenvalue weighted by Crippen LogP contribution is 2.30. The van der Waals surface area contributed by atoms with Crippen molar-refractivity contribution in [1.82, 2.24) is 9.47 Å². The van der Waals surface area contributed by atoms with Crippen LogP contribution in [0.25, 0.3) is 0 Å². The van der Waals surface area contributed by atoms with Crippen molar-refractivity contribution in [3.8, 4) is 0 Å². The Bertz CT molecular complexity index is 381. The van der Waals surface area contributed by atoms with E-state index >= 15 is 0 Å². The minimum absolute atomic E-state index is 0.831. The number of nitrogens with zero attached hydrogens (tertiary/aromatic N) is 2. The van der Waals surface area contributed by atoms with Crippen LogP contribution >= 0.6 is 0 Å². The van der Waals surface area contributed by atoms with Crippen LogP contribution in [-0.4, -0.2) is 31.2 Å². The molecule has 1 aromatic rings. The summed E-state index contributed by atoms with van der Waals surface area (Å²) in [5.41, 5.74) is 6.80. The van der Waals surface area contributed by atoms with Gasteiger partial charge in [0.05, 0.1) is 19.6 Å². The first-order chi connectivity index (χ1) is 8.70. The van der Waals surface area contributed by atoms with Crippen LogP contribution in [0.3, 0.4) is 0 Å². The molecule has 0 spiro atoms. The van der Waals surface area contributed by atoms with Gasteiger partial charge in [-0.25, -0.2) is 4.98 Å². The van der Waals surface area contributed by atoms with Gasteiger partial charge in [-0.3, -0.25) is 4.48 Å². The molecule has 18 heavy (non-hydrogen) atoms. The Morgan fingerprint density at radius 2 is 2.06 bits per heavy atom. The second-order valence-corrected chi connectivity index (χ2v) is 5.57. The standard InChI is InChI=1S/C15H26N3/c1-3-18(15-6-4-5-13(2)17-15)11-8-14(7-10-16)9-12-18/h4-6,14H,3,7-12,16H2,1-2H3/q+1. The predicted molar refractivity (Wildman–Crippen MR) is 77.4 cm³/mol. The maximum atomic E-state index is 5.67. The number of piperidine rings is 1. The second-order valence-electron chi connectivity index (χ2n) is 5.57. The van der Waals surface area contributed by atoms with Gasteiger partial charge in [0.1, 0.15) is 0 Å². The number of likely N-dealkylation sites (tertiary alicyclic amines) is 1. The highest BCUT2D eigenvalue weighted by Gasteiger charge is 2.35. The Balaban J connectivity index is 2.13. The van der Waals surface area contributed by atoms with Crippen LogP contribution in [-0.2, 0) is 0 Å². The average Bonchev–Trinajstić information content (AvgIpc) is 2.40. The number of hydrogen-bond acceptors (Lipinski definition) is 2. The van der Waals surface area contributed by atoms with Gasteiger partial charge in [-0.1, -0.05) is 6.07 Å². The molecule has 1 fully saturated rings. The number of pyridine rings is 1. The largest absolute Gasteiger partial charge is 0.330 e. The van der Waals surface area contributed by atoms with E-state index in [1.54, 1.807) is 0 Å². The molecule has 0 radical (unpaired) electrons. The Labute approximate surface area is 111 Å². The third-order valence-electron chi connectivity index (χ3n) is 4.47. The fourth-order valence-electron chi connectivity index (χ4n) is 3.14. The molecule has 0 unspecified atom stereocenters. The minimum Gasteiger partial charge on any atom is -0.330 e. The maximum Gasteiger partial charge on any atom is 0.227 e. The number of hydrogen-bond donors (Lipinski definition) is 1. The molecule has 2 N–H and O–H groups in total. The molecule has 1 aromatic heterocycles. The summed E-state index contributed by atoms with van der Waals surface area (Å²) < 4.78 is 1.06. The molecule has 0 atom stereocenters. The first-order valence-corrected chi connectivity index (χ1v) is 7.20. The molecular weight excluding hydrogens is 222 g/mol. The third-order valence-corrected chi connectivity index (χ3v) is 4.47. The summed E-state index contributed by atoms with van der Waals surface area (Å²) in [5.74, 6) is 2.08. The molecule has 3 nitrogen and oxygen atoms in total. The number of rotatable bonds is 4. The highest BCUT2D eigenvalue weighted by atomic mass is 15.4. The van der Waals surface area contributed by atoms with Crippen molar-refractivity contribution in [2.75, 3.05) is 26.2 Å². The molecule has 0 amide bonds. The monoisotopic (exact) mass is 248 g/mol. The smallest absolute Gasteiger partial charge is 0.227 e. The lowest BCUT2D eigenvalue weighted by molar-refractivity contribution is 0.185. The molecule has 1 saturated heterocycles. The number of aryl methyl sites for hydroxylation is 1. The molecule has 2 heterocycles. The summed E-state index contributed by atoms with van der Waals surface area (Å²) in [6.45, 7) is 8.78. The fourth-order valence-corrected chi connectivity index (χ4v) is 3.14. The molecule has 3 heteroatoms. The van der Waals surface area contributed by atoms with Crippen LogP contribution in [0.1, 0.15) is 31.9 Å². The zero-order valence-corrected chi connectivity index (χ0v) is 11.7.